The van der Waals surface area contributed by atoms with Crippen molar-refractivity contribution in [3.63, 3.8) is 0 Å². The van der Waals surface area contributed by atoms with Gasteiger partial charge >= 0.3 is 6.03 Å². The maximum atomic E-state index is 12.5. The second kappa shape index (κ2) is 11.3. The molecule has 3 aromatic rings. The van der Waals surface area contributed by atoms with Crippen molar-refractivity contribution in [1.82, 2.24) is 24.8 Å². The van der Waals surface area contributed by atoms with Gasteiger partial charge in [-0.05, 0) is 62.5 Å². The number of allylic oxidation sites excluding steroid dienone is 1. The highest BCUT2D eigenvalue weighted by Crippen LogP contribution is 2.40. The number of benzene rings is 1. The Balaban J connectivity index is 1.28. The summed E-state index contributed by atoms with van der Waals surface area (Å²) in [6, 6.07) is 12.0. The van der Waals surface area contributed by atoms with E-state index in [9.17, 15) is 9.90 Å². The highest BCUT2D eigenvalue weighted by atomic mass is 16.5. The van der Waals surface area contributed by atoms with Gasteiger partial charge in [0.25, 0.3) is 0 Å². The first kappa shape index (κ1) is 27.6. The fourth-order valence-electron chi connectivity index (χ4n) is 5.55. The van der Waals surface area contributed by atoms with Gasteiger partial charge in [-0.2, -0.15) is 0 Å². The average Bonchev–Trinajstić information content (AvgIpc) is 3.52. The van der Waals surface area contributed by atoms with Crippen LogP contribution in [-0.2, 0) is 0 Å². The zero-order chi connectivity index (χ0) is 28.4. The fraction of sp³-hybridized carbons (Fsp3) is 0.467. The van der Waals surface area contributed by atoms with E-state index in [1.165, 1.54) is 11.6 Å². The largest absolute Gasteiger partial charge is 0.512 e. The molecule has 1 aliphatic heterocycles. The molecule has 3 heterocycles. The first-order valence-electron chi connectivity index (χ1n) is 14.0. The van der Waals surface area contributed by atoms with Gasteiger partial charge < -0.3 is 15.6 Å². The lowest BCUT2D eigenvalue weighted by molar-refractivity contribution is -0.344. The summed E-state index contributed by atoms with van der Waals surface area (Å²) in [6.07, 6.45) is 7.20. The van der Waals surface area contributed by atoms with Crippen molar-refractivity contribution in [1.29, 1.82) is 0 Å². The number of amides is 2. The van der Waals surface area contributed by atoms with E-state index in [1.807, 2.05) is 51.2 Å². The van der Waals surface area contributed by atoms with Gasteiger partial charge in [0.15, 0.2) is 11.5 Å². The SMILES string of the molecule is CN1CCC[C@H]1c1nnc2ccc(O[C@@H]3CC[C@H](CNC(=O)/[NH+]=C(N)\C=C(/O)C(C)(C)C)c4ccccc43)cn12. The Morgan fingerprint density at radius 1 is 1.18 bits per heavy atom. The van der Waals surface area contributed by atoms with Crippen LogP contribution >= 0.6 is 0 Å². The fourth-order valence-corrected chi connectivity index (χ4v) is 5.55. The summed E-state index contributed by atoms with van der Waals surface area (Å²) in [5.74, 6) is 2.07. The highest BCUT2D eigenvalue weighted by molar-refractivity contribution is 5.89. The maximum Gasteiger partial charge on any atom is 0.434 e. The maximum absolute atomic E-state index is 12.5. The smallest absolute Gasteiger partial charge is 0.434 e. The van der Waals surface area contributed by atoms with Gasteiger partial charge in [-0.1, -0.05) is 45.0 Å². The molecule has 5 rings (SSSR count). The predicted molar refractivity (Wildman–Crippen MR) is 153 cm³/mol. The monoisotopic (exact) mass is 546 g/mol. The lowest BCUT2D eigenvalue weighted by Gasteiger charge is -2.31. The van der Waals surface area contributed by atoms with E-state index >= 15 is 0 Å². The number of amidine groups is 1. The van der Waals surface area contributed by atoms with Crippen molar-refractivity contribution in [3.8, 4) is 5.75 Å². The van der Waals surface area contributed by atoms with E-state index in [0.29, 0.717) is 6.54 Å². The zero-order valence-corrected chi connectivity index (χ0v) is 23.7. The number of aliphatic hydroxyl groups excluding tert-OH is 1. The standard InChI is InChI=1S/C30H39N7O3/c1-30(2,3)25(38)16-26(31)33-29(39)32-17-19-11-13-24(22-9-6-5-8-21(19)22)40-20-12-14-27-34-35-28(37(27)18-20)23-10-7-15-36(23)4/h5-6,8-9,12,14,16,18-19,23-24,38H,7,10-11,13,15,17H2,1-4H3,(H3,31,32,33,39)/p+1/b25-16-/t19-,23+,24-/m1/s1. The molecule has 10 heteroatoms. The van der Waals surface area contributed by atoms with Crippen LogP contribution in [0.5, 0.6) is 5.75 Å². The molecule has 3 atom stereocenters. The average molecular weight is 547 g/mol. The Kier molecular flexibility index (Phi) is 7.80. The number of hydrogen-bond acceptors (Lipinski definition) is 6. The van der Waals surface area contributed by atoms with Crippen LogP contribution in [0.25, 0.3) is 5.65 Å². The number of nitrogens with two attached hydrogens (primary N) is 1. The molecule has 212 valence electrons. The van der Waals surface area contributed by atoms with Gasteiger partial charge in [-0.3, -0.25) is 14.6 Å². The Bertz CT molecular complexity index is 1440. The minimum atomic E-state index is -0.455. The van der Waals surface area contributed by atoms with E-state index in [2.05, 4.69) is 49.0 Å². The van der Waals surface area contributed by atoms with Gasteiger partial charge in [0.05, 0.1) is 18.8 Å². The summed E-state index contributed by atoms with van der Waals surface area (Å²) >= 11 is 0. The number of aliphatic hydroxyl groups is 1. The lowest BCUT2D eigenvalue weighted by atomic mass is 9.81. The first-order chi connectivity index (χ1) is 19.1. The summed E-state index contributed by atoms with van der Waals surface area (Å²) in [5.41, 5.74) is 8.57. The van der Waals surface area contributed by atoms with Gasteiger partial charge in [-0.25, -0.2) is 9.79 Å². The number of pyridine rings is 1. The predicted octanol–water partition coefficient (Wildman–Crippen LogP) is 3.13. The number of fused-ring (bicyclic) bond motifs is 2. The summed E-state index contributed by atoms with van der Waals surface area (Å²) in [4.78, 5) is 17.4. The molecule has 1 saturated heterocycles. The van der Waals surface area contributed by atoms with E-state index in [1.54, 1.807) is 0 Å². The number of nitrogens with one attached hydrogen (secondary N) is 2. The molecular formula is C30H40N7O3+. The summed E-state index contributed by atoms with van der Waals surface area (Å²) in [6.45, 7) is 7.12. The number of carbonyl (C=O) groups excluding carboxylic acids is 1. The van der Waals surface area contributed by atoms with Crippen molar-refractivity contribution in [3.05, 3.63) is 71.4 Å². The summed E-state index contributed by atoms with van der Waals surface area (Å²) in [7, 11) is 2.13. The second-order valence-electron chi connectivity index (χ2n) is 11.9. The molecule has 5 N–H and O–H groups in total. The third kappa shape index (κ3) is 5.96. The van der Waals surface area contributed by atoms with Crippen molar-refractivity contribution in [2.24, 2.45) is 11.1 Å². The molecule has 1 fully saturated rings. The Morgan fingerprint density at radius 3 is 2.67 bits per heavy atom. The van der Waals surface area contributed by atoms with Crippen molar-refractivity contribution in [2.75, 3.05) is 20.1 Å². The highest BCUT2D eigenvalue weighted by Gasteiger charge is 2.30. The van der Waals surface area contributed by atoms with Gasteiger partial charge in [0.2, 0.25) is 5.84 Å². The molecule has 0 unspecified atom stereocenters. The third-order valence-electron chi connectivity index (χ3n) is 7.89. The topological polar surface area (TPSA) is 132 Å². The molecule has 1 aliphatic carbocycles. The van der Waals surface area contributed by atoms with Gasteiger partial charge in [0, 0.05) is 17.4 Å². The van der Waals surface area contributed by atoms with E-state index < -0.39 is 11.4 Å². The molecule has 0 saturated carbocycles. The van der Waals surface area contributed by atoms with Crippen molar-refractivity contribution in [2.45, 2.75) is 64.5 Å². The van der Waals surface area contributed by atoms with Crippen LogP contribution in [0.15, 0.2) is 54.4 Å². The van der Waals surface area contributed by atoms with Crippen molar-refractivity contribution < 1.29 is 19.6 Å². The quantitative estimate of drug-likeness (QED) is 0.212. The van der Waals surface area contributed by atoms with Gasteiger partial charge in [0.1, 0.15) is 17.6 Å². The zero-order valence-electron chi connectivity index (χ0n) is 23.7. The Hall–Kier alpha value is -3.92. The number of carbonyl (C=O) groups is 1. The summed E-state index contributed by atoms with van der Waals surface area (Å²) < 4.78 is 8.61. The number of rotatable bonds is 6. The number of likely N-dealkylation sites (tertiary alicyclic amines) is 1. The van der Waals surface area contributed by atoms with E-state index in [4.69, 9.17) is 10.5 Å². The molecule has 0 radical (unpaired) electrons. The normalized spacial score (nSPS) is 22.4. The molecule has 0 bridgehead atoms. The van der Waals surface area contributed by atoms with Crippen LogP contribution < -0.4 is 20.8 Å². The number of urea groups is 1. The van der Waals surface area contributed by atoms with E-state index in [-0.39, 0.29) is 29.7 Å². The van der Waals surface area contributed by atoms with Crippen LogP contribution in [0.4, 0.5) is 4.79 Å². The second-order valence-corrected chi connectivity index (χ2v) is 11.9. The van der Waals surface area contributed by atoms with Crippen LogP contribution in [0.2, 0.25) is 0 Å². The molecule has 0 spiro atoms. The minimum absolute atomic E-state index is 0.0928. The van der Waals surface area contributed by atoms with Crippen LogP contribution in [-0.4, -0.2) is 56.6 Å². The third-order valence-corrected chi connectivity index (χ3v) is 7.89. The number of nitrogens with zero attached hydrogens (tertiary/aromatic N) is 4. The molecule has 40 heavy (non-hydrogen) atoms. The molecule has 2 aromatic heterocycles. The summed E-state index contributed by atoms with van der Waals surface area (Å²) in [5, 5.41) is 21.9. The van der Waals surface area contributed by atoms with Crippen LogP contribution in [0, 0.1) is 5.41 Å². The molecule has 2 aliphatic rings. The Labute approximate surface area is 234 Å². The Morgan fingerprint density at radius 2 is 1.95 bits per heavy atom. The number of aromatic nitrogens is 3. The molecular weight excluding hydrogens is 506 g/mol. The van der Waals surface area contributed by atoms with Crippen LogP contribution in [0.3, 0.4) is 0 Å². The number of ether oxygens (including phenoxy) is 1. The minimum Gasteiger partial charge on any atom is -0.512 e. The lowest BCUT2D eigenvalue weighted by Crippen LogP contribution is -2.82. The van der Waals surface area contributed by atoms with Crippen LogP contribution in [0.1, 0.15) is 81.5 Å². The van der Waals surface area contributed by atoms with Gasteiger partial charge in [-0.15, -0.1) is 10.2 Å². The number of hydrogen-bond donors (Lipinski definition) is 4. The molecule has 10 nitrogen and oxygen atoms in total. The van der Waals surface area contributed by atoms with Crippen molar-refractivity contribution >= 4 is 17.5 Å². The molecule has 2 amide bonds. The molecule has 1 aromatic carbocycles. The van der Waals surface area contributed by atoms with E-state index in [0.717, 1.165) is 55.0 Å². The first-order valence-corrected chi connectivity index (χ1v) is 14.0.